The molecule has 0 bridgehead atoms. The first kappa shape index (κ1) is 94.1. The Balaban J connectivity index is 5.12. The molecule has 0 rings (SSSR count). The molecule has 0 aliphatic heterocycles. The van der Waals surface area contributed by atoms with Crippen LogP contribution in [0, 0.1) is 11.8 Å². The van der Waals surface area contributed by atoms with Crippen molar-refractivity contribution in [2.75, 3.05) is 39.6 Å². The first-order valence-electron chi connectivity index (χ1n) is 40.0. The van der Waals surface area contributed by atoms with E-state index in [4.69, 9.17) is 37.0 Å². The molecule has 17 nitrogen and oxygen atoms in total. The first-order valence-corrected chi connectivity index (χ1v) is 43.0. The molecule has 0 aromatic heterocycles. The summed E-state index contributed by atoms with van der Waals surface area (Å²) in [7, 11) is -9.90. The Hall–Kier alpha value is -1.94. The first-order chi connectivity index (χ1) is 46.4. The van der Waals surface area contributed by atoms with Gasteiger partial charge in [-0.05, 0) is 37.5 Å². The van der Waals surface area contributed by atoms with E-state index >= 15 is 0 Å². The second kappa shape index (κ2) is 68.8. The fourth-order valence-corrected chi connectivity index (χ4v) is 13.4. The summed E-state index contributed by atoms with van der Waals surface area (Å²) in [5, 5.41) is 10.6. The third-order valence-electron chi connectivity index (χ3n) is 18.3. The number of phosphoric acid groups is 2. The number of hydrogen-bond acceptors (Lipinski definition) is 15. The Kier molecular flexibility index (Phi) is 67.4. The van der Waals surface area contributed by atoms with Gasteiger partial charge in [0, 0.05) is 25.7 Å². The number of unbranched alkanes of at least 4 members (excludes halogenated alkanes) is 45. The Morgan fingerprint density at radius 3 is 0.792 bits per heavy atom. The molecule has 570 valence electrons. The molecule has 0 aliphatic carbocycles. The zero-order chi connectivity index (χ0) is 70.7. The van der Waals surface area contributed by atoms with Crippen LogP contribution in [0.2, 0.25) is 0 Å². The van der Waals surface area contributed by atoms with E-state index in [0.29, 0.717) is 25.7 Å². The van der Waals surface area contributed by atoms with Crippen molar-refractivity contribution in [1.82, 2.24) is 0 Å². The highest BCUT2D eigenvalue weighted by atomic mass is 31.2. The minimum absolute atomic E-state index is 0.105. The molecule has 0 aromatic rings. The Labute approximate surface area is 588 Å². The smallest absolute Gasteiger partial charge is 0.462 e. The lowest BCUT2D eigenvalue weighted by Crippen LogP contribution is -2.30. The van der Waals surface area contributed by atoms with E-state index in [1.54, 1.807) is 0 Å². The van der Waals surface area contributed by atoms with Crippen molar-refractivity contribution < 1.29 is 80.2 Å². The molecule has 0 radical (unpaired) electrons. The standard InChI is InChI=1S/C77H150O17P2/c1-7-10-12-14-15-16-17-18-19-25-28-31-37-42-48-54-60-75(80)88-66-73(94-77(82)61-55-49-43-38-32-29-26-23-21-20-22-24-27-30-36-41-47-52-58-70(6)9-3)68-92-96(85,86)90-64-71(78)63-89-95(83,84)91-67-72(65-87-74(79)59-53-45-13-11-8-2)93-76(81)62-56-50-44-39-34-33-35-40-46-51-57-69(4)5/h69-73,78H,7-68H2,1-6H3,(H,83,84)(H,85,86)/t70?,71-,72+,73+/m0/s1. The van der Waals surface area contributed by atoms with Crippen molar-refractivity contribution >= 4 is 39.5 Å². The quantitative estimate of drug-likeness (QED) is 0.0222. The number of hydrogen-bond donors (Lipinski definition) is 3. The van der Waals surface area contributed by atoms with Crippen LogP contribution in [0.5, 0.6) is 0 Å². The molecule has 0 amide bonds. The molecular weight excluding hydrogens is 1260 g/mol. The molecule has 0 saturated carbocycles. The Morgan fingerprint density at radius 1 is 0.302 bits per heavy atom. The highest BCUT2D eigenvalue weighted by Crippen LogP contribution is 2.45. The number of phosphoric ester groups is 2. The van der Waals surface area contributed by atoms with Crippen LogP contribution in [-0.4, -0.2) is 96.7 Å². The van der Waals surface area contributed by atoms with Gasteiger partial charge in [0.25, 0.3) is 0 Å². The second-order valence-electron chi connectivity index (χ2n) is 28.5. The van der Waals surface area contributed by atoms with Crippen LogP contribution < -0.4 is 0 Å². The zero-order valence-electron chi connectivity index (χ0n) is 62.7. The lowest BCUT2D eigenvalue weighted by Gasteiger charge is -2.21. The van der Waals surface area contributed by atoms with E-state index in [-0.39, 0.29) is 25.7 Å². The van der Waals surface area contributed by atoms with E-state index < -0.39 is 97.5 Å². The average Bonchev–Trinajstić information content (AvgIpc) is 1.17. The fraction of sp³-hybridized carbons (Fsp3) is 0.948. The number of rotatable bonds is 76. The lowest BCUT2D eigenvalue weighted by molar-refractivity contribution is -0.161. The predicted molar refractivity (Wildman–Crippen MR) is 391 cm³/mol. The largest absolute Gasteiger partial charge is 0.472 e. The van der Waals surface area contributed by atoms with Crippen molar-refractivity contribution in [3.8, 4) is 0 Å². The molecule has 0 spiro atoms. The SMILES string of the molecule is CCCCCCCCCCCCCCCCCCC(=O)OC[C@H](COP(=O)(O)OC[C@@H](O)COP(=O)(O)OC[C@@H](COC(=O)CCCCCCC)OC(=O)CCCCCCCCCCCCC(C)C)OC(=O)CCCCCCCCCCCCCCCCCCCCC(C)CC. The molecule has 96 heavy (non-hydrogen) atoms. The van der Waals surface area contributed by atoms with Crippen LogP contribution in [0.25, 0.3) is 0 Å². The molecule has 0 aliphatic rings. The molecule has 0 fully saturated rings. The molecule has 19 heteroatoms. The molecule has 0 saturated heterocycles. The Bertz CT molecular complexity index is 1860. The van der Waals surface area contributed by atoms with Crippen LogP contribution in [0.1, 0.15) is 401 Å². The van der Waals surface area contributed by atoms with E-state index in [1.165, 1.54) is 212 Å². The molecular formula is C77H150O17P2. The predicted octanol–water partition coefficient (Wildman–Crippen LogP) is 22.7. The average molecular weight is 1410 g/mol. The monoisotopic (exact) mass is 1410 g/mol. The molecule has 0 aromatic carbocycles. The molecule has 3 unspecified atom stereocenters. The van der Waals surface area contributed by atoms with Gasteiger partial charge in [0.1, 0.15) is 19.3 Å². The van der Waals surface area contributed by atoms with Crippen molar-refractivity contribution in [3.63, 3.8) is 0 Å². The van der Waals surface area contributed by atoms with Gasteiger partial charge in [0.05, 0.1) is 26.4 Å². The van der Waals surface area contributed by atoms with E-state index in [1.807, 2.05) is 0 Å². The van der Waals surface area contributed by atoms with Crippen molar-refractivity contribution in [2.24, 2.45) is 11.8 Å². The van der Waals surface area contributed by atoms with Crippen LogP contribution in [0.15, 0.2) is 0 Å². The van der Waals surface area contributed by atoms with Crippen LogP contribution in [0.4, 0.5) is 0 Å². The fourth-order valence-electron chi connectivity index (χ4n) is 11.8. The van der Waals surface area contributed by atoms with Gasteiger partial charge in [-0.2, -0.15) is 0 Å². The van der Waals surface area contributed by atoms with Gasteiger partial charge in [-0.3, -0.25) is 37.3 Å². The topological polar surface area (TPSA) is 237 Å². The molecule has 0 heterocycles. The number of esters is 4. The number of carbonyl (C=O) groups is 4. The number of aliphatic hydroxyl groups is 1. The van der Waals surface area contributed by atoms with Crippen molar-refractivity contribution in [3.05, 3.63) is 0 Å². The number of aliphatic hydroxyl groups excluding tert-OH is 1. The Morgan fingerprint density at radius 2 is 0.531 bits per heavy atom. The lowest BCUT2D eigenvalue weighted by atomic mass is 9.99. The third kappa shape index (κ3) is 69.2. The van der Waals surface area contributed by atoms with Gasteiger partial charge in [-0.25, -0.2) is 9.13 Å². The molecule has 6 atom stereocenters. The maximum absolute atomic E-state index is 13.1. The number of carbonyl (C=O) groups excluding carboxylic acids is 4. The number of ether oxygens (including phenoxy) is 4. The van der Waals surface area contributed by atoms with Gasteiger partial charge in [0.2, 0.25) is 0 Å². The maximum atomic E-state index is 13.1. The van der Waals surface area contributed by atoms with Gasteiger partial charge >= 0.3 is 39.5 Å². The normalized spacial score (nSPS) is 14.3. The summed E-state index contributed by atoms with van der Waals surface area (Å²) < 4.78 is 68.3. The summed E-state index contributed by atoms with van der Waals surface area (Å²) in [4.78, 5) is 72.5. The van der Waals surface area contributed by atoms with Gasteiger partial charge in [-0.15, -0.1) is 0 Å². The summed E-state index contributed by atoms with van der Waals surface area (Å²) >= 11 is 0. The third-order valence-corrected chi connectivity index (χ3v) is 20.2. The van der Waals surface area contributed by atoms with Gasteiger partial charge in [-0.1, -0.05) is 350 Å². The second-order valence-corrected chi connectivity index (χ2v) is 31.4. The highest BCUT2D eigenvalue weighted by Gasteiger charge is 2.30. The van der Waals surface area contributed by atoms with E-state index in [0.717, 1.165) is 108 Å². The summed E-state index contributed by atoms with van der Waals surface area (Å²) in [6, 6.07) is 0. The van der Waals surface area contributed by atoms with Crippen LogP contribution >= 0.6 is 15.6 Å². The van der Waals surface area contributed by atoms with E-state index in [9.17, 15) is 43.2 Å². The summed E-state index contributed by atoms with van der Waals surface area (Å²) in [5.74, 6) is -0.502. The van der Waals surface area contributed by atoms with Crippen molar-refractivity contribution in [1.29, 1.82) is 0 Å². The van der Waals surface area contributed by atoms with Gasteiger partial charge < -0.3 is 33.8 Å². The summed E-state index contributed by atoms with van der Waals surface area (Å²) in [5.41, 5.74) is 0. The molecule has 3 N–H and O–H groups in total. The zero-order valence-corrected chi connectivity index (χ0v) is 64.5. The summed E-state index contributed by atoms with van der Waals surface area (Å²) in [6.45, 7) is 9.57. The van der Waals surface area contributed by atoms with Crippen LogP contribution in [0.3, 0.4) is 0 Å². The van der Waals surface area contributed by atoms with Crippen molar-refractivity contribution in [2.45, 2.75) is 419 Å². The van der Waals surface area contributed by atoms with E-state index in [2.05, 4.69) is 41.5 Å². The minimum Gasteiger partial charge on any atom is -0.462 e. The summed E-state index contributed by atoms with van der Waals surface area (Å²) in [6.07, 6.45) is 57.3. The van der Waals surface area contributed by atoms with Crippen LogP contribution in [-0.2, 0) is 65.4 Å². The highest BCUT2D eigenvalue weighted by molar-refractivity contribution is 7.47. The maximum Gasteiger partial charge on any atom is 0.472 e. The van der Waals surface area contributed by atoms with Gasteiger partial charge in [0.15, 0.2) is 12.2 Å². The minimum atomic E-state index is -4.96.